The fraction of sp³-hybridized carbons (Fsp3) is 0.375. The number of carbonyl (C=O) groups is 2. The van der Waals surface area contributed by atoms with Crippen molar-refractivity contribution in [3.63, 3.8) is 0 Å². The first kappa shape index (κ1) is 30.8. The lowest BCUT2D eigenvalue weighted by atomic mass is 9.95. The van der Waals surface area contributed by atoms with Gasteiger partial charge in [-0.05, 0) is 75.6 Å². The number of rotatable bonds is 10. The Bertz CT molecular complexity index is 1450. The zero-order valence-electron chi connectivity index (χ0n) is 23.8. The quantitative estimate of drug-likeness (QED) is 0.289. The van der Waals surface area contributed by atoms with Gasteiger partial charge < -0.3 is 10.2 Å². The van der Waals surface area contributed by atoms with Gasteiger partial charge in [0.25, 0.3) is 10.0 Å². The molecule has 1 fully saturated rings. The molecule has 0 unspecified atom stereocenters. The Labute approximate surface area is 252 Å². The Balaban J connectivity index is 1.67. The van der Waals surface area contributed by atoms with Crippen LogP contribution in [0.2, 0.25) is 0 Å². The van der Waals surface area contributed by atoms with Crippen molar-refractivity contribution in [2.75, 3.05) is 10.8 Å². The van der Waals surface area contributed by atoms with E-state index in [1.165, 1.54) is 11.3 Å². The van der Waals surface area contributed by atoms with Crippen LogP contribution in [0.15, 0.2) is 82.2 Å². The highest BCUT2D eigenvalue weighted by molar-refractivity contribution is 9.10. The number of benzene rings is 3. The molecule has 0 radical (unpaired) electrons. The second-order valence-corrected chi connectivity index (χ2v) is 13.6. The molecule has 3 aromatic carbocycles. The molecule has 2 amide bonds. The Morgan fingerprint density at radius 3 is 2.15 bits per heavy atom. The van der Waals surface area contributed by atoms with Crippen LogP contribution in [0.5, 0.6) is 0 Å². The molecule has 0 heterocycles. The van der Waals surface area contributed by atoms with Crippen LogP contribution >= 0.6 is 15.9 Å². The van der Waals surface area contributed by atoms with Gasteiger partial charge in [-0.25, -0.2) is 8.42 Å². The first-order valence-corrected chi connectivity index (χ1v) is 16.3. The monoisotopic (exact) mass is 639 g/mol. The smallest absolute Gasteiger partial charge is 0.264 e. The molecule has 1 N–H and O–H groups in total. The highest BCUT2D eigenvalue weighted by Crippen LogP contribution is 2.26. The lowest BCUT2D eigenvalue weighted by molar-refractivity contribution is -0.139. The summed E-state index contributed by atoms with van der Waals surface area (Å²) in [5.41, 5.74) is 3.11. The summed E-state index contributed by atoms with van der Waals surface area (Å²) >= 11 is 3.48. The van der Waals surface area contributed by atoms with E-state index < -0.39 is 28.5 Å². The molecule has 1 atom stereocenters. The average Bonchev–Trinajstić information content (AvgIpc) is 2.95. The molecule has 3 aromatic rings. The zero-order valence-corrected chi connectivity index (χ0v) is 26.2. The summed E-state index contributed by atoms with van der Waals surface area (Å²) in [4.78, 5) is 29.1. The summed E-state index contributed by atoms with van der Waals surface area (Å²) in [6.45, 7) is 5.22. The molecule has 4 rings (SSSR count). The highest BCUT2D eigenvalue weighted by Gasteiger charge is 2.33. The van der Waals surface area contributed by atoms with Crippen LogP contribution in [-0.4, -0.2) is 43.8 Å². The van der Waals surface area contributed by atoms with Gasteiger partial charge in [0.15, 0.2) is 0 Å². The number of nitrogens with zero attached hydrogens (tertiary/aromatic N) is 2. The van der Waals surface area contributed by atoms with E-state index in [9.17, 15) is 18.0 Å². The van der Waals surface area contributed by atoms with Gasteiger partial charge in [-0.1, -0.05) is 82.7 Å². The number of hydrogen-bond acceptors (Lipinski definition) is 4. The van der Waals surface area contributed by atoms with Gasteiger partial charge in [-0.3, -0.25) is 13.9 Å². The summed E-state index contributed by atoms with van der Waals surface area (Å²) in [6, 6.07) is 20.4. The molecule has 0 saturated heterocycles. The van der Waals surface area contributed by atoms with Crippen molar-refractivity contribution in [2.24, 2.45) is 0 Å². The molecule has 41 heavy (non-hydrogen) atoms. The fourth-order valence-electron chi connectivity index (χ4n) is 5.06. The van der Waals surface area contributed by atoms with Gasteiger partial charge in [0.1, 0.15) is 12.6 Å². The summed E-state index contributed by atoms with van der Waals surface area (Å²) in [6.07, 6.45) is 5.16. The SMILES string of the molecule is Cc1ccc(N(CC(=O)N(Cc2cccc(Br)c2)[C@H](C)C(=O)NC2CCCCC2)S(=O)(=O)c2ccc(C)cc2)cc1. The van der Waals surface area contributed by atoms with Gasteiger partial charge in [0, 0.05) is 17.1 Å². The number of sulfonamides is 1. The van der Waals surface area contributed by atoms with E-state index in [1.54, 1.807) is 43.3 Å². The number of anilines is 1. The van der Waals surface area contributed by atoms with E-state index in [2.05, 4.69) is 21.2 Å². The maximum absolute atomic E-state index is 14.1. The minimum absolute atomic E-state index is 0.0903. The van der Waals surface area contributed by atoms with Crippen LogP contribution in [-0.2, 0) is 26.2 Å². The lowest BCUT2D eigenvalue weighted by Crippen LogP contribution is -2.53. The van der Waals surface area contributed by atoms with E-state index in [1.807, 2.05) is 50.2 Å². The number of aryl methyl sites for hydroxylation is 2. The molecule has 9 heteroatoms. The van der Waals surface area contributed by atoms with E-state index in [-0.39, 0.29) is 23.4 Å². The average molecular weight is 641 g/mol. The van der Waals surface area contributed by atoms with Crippen molar-refractivity contribution in [1.29, 1.82) is 0 Å². The largest absolute Gasteiger partial charge is 0.352 e. The third kappa shape index (κ3) is 7.98. The number of hydrogen-bond donors (Lipinski definition) is 1. The maximum atomic E-state index is 14.1. The summed E-state index contributed by atoms with van der Waals surface area (Å²) in [5.74, 6) is -0.698. The third-order valence-corrected chi connectivity index (χ3v) is 9.85. The molecule has 1 aliphatic carbocycles. The third-order valence-electron chi connectivity index (χ3n) is 7.57. The van der Waals surface area contributed by atoms with Crippen LogP contribution in [0.1, 0.15) is 55.7 Å². The van der Waals surface area contributed by atoms with E-state index >= 15 is 0 Å². The standard InChI is InChI=1S/C32H38BrN3O4S/c1-23-12-16-29(17-13-23)36(41(39,40)30-18-14-24(2)15-19-30)22-31(37)35(21-26-8-7-9-27(33)20-26)25(3)32(38)34-28-10-5-4-6-11-28/h7-9,12-20,25,28H,4-6,10-11,21-22H2,1-3H3,(H,34,38)/t25-/m1/s1. The predicted octanol–water partition coefficient (Wildman–Crippen LogP) is 6.13. The Kier molecular flexibility index (Phi) is 10.3. The van der Waals surface area contributed by atoms with Crippen molar-refractivity contribution in [1.82, 2.24) is 10.2 Å². The molecule has 0 spiro atoms. The number of carbonyl (C=O) groups excluding carboxylic acids is 2. The van der Waals surface area contributed by atoms with Crippen molar-refractivity contribution in [3.05, 3.63) is 94.0 Å². The Hall–Kier alpha value is -3.17. The van der Waals surface area contributed by atoms with Gasteiger partial charge in [-0.2, -0.15) is 0 Å². The van der Waals surface area contributed by atoms with Crippen molar-refractivity contribution in [3.8, 4) is 0 Å². The Morgan fingerprint density at radius 1 is 0.927 bits per heavy atom. The first-order chi connectivity index (χ1) is 19.5. The molecular formula is C32H38BrN3O4S. The van der Waals surface area contributed by atoms with Crippen LogP contribution in [0, 0.1) is 13.8 Å². The van der Waals surface area contributed by atoms with Gasteiger partial charge in [0.2, 0.25) is 11.8 Å². The molecule has 0 aromatic heterocycles. The van der Waals surface area contributed by atoms with Crippen molar-refractivity contribution in [2.45, 2.75) is 76.4 Å². The topological polar surface area (TPSA) is 86.8 Å². The number of amides is 2. The van der Waals surface area contributed by atoms with E-state index in [4.69, 9.17) is 0 Å². The molecule has 0 bridgehead atoms. The predicted molar refractivity (Wildman–Crippen MR) is 166 cm³/mol. The van der Waals surface area contributed by atoms with Gasteiger partial charge >= 0.3 is 0 Å². The summed E-state index contributed by atoms with van der Waals surface area (Å²) in [5, 5.41) is 3.13. The van der Waals surface area contributed by atoms with Gasteiger partial charge in [-0.15, -0.1) is 0 Å². The first-order valence-electron chi connectivity index (χ1n) is 14.0. The molecule has 1 aliphatic rings. The molecule has 218 valence electrons. The van der Waals surface area contributed by atoms with Crippen molar-refractivity contribution < 1.29 is 18.0 Å². The fourth-order valence-corrected chi connectivity index (χ4v) is 6.92. The van der Waals surface area contributed by atoms with Crippen LogP contribution < -0.4 is 9.62 Å². The number of nitrogens with one attached hydrogen (secondary N) is 1. The summed E-state index contributed by atoms with van der Waals surface area (Å²) < 4.78 is 29.8. The van der Waals surface area contributed by atoms with Crippen molar-refractivity contribution >= 4 is 43.5 Å². The Morgan fingerprint density at radius 2 is 1.54 bits per heavy atom. The molecule has 7 nitrogen and oxygen atoms in total. The second kappa shape index (κ2) is 13.7. The highest BCUT2D eigenvalue weighted by atomic mass is 79.9. The molecule has 0 aliphatic heterocycles. The molecule has 1 saturated carbocycles. The van der Waals surface area contributed by atoms with E-state index in [0.29, 0.717) is 5.69 Å². The maximum Gasteiger partial charge on any atom is 0.264 e. The minimum atomic E-state index is -4.08. The van der Waals surface area contributed by atoms with E-state index in [0.717, 1.165) is 51.2 Å². The number of halogens is 1. The van der Waals surface area contributed by atoms with Crippen LogP contribution in [0.3, 0.4) is 0 Å². The van der Waals surface area contributed by atoms with Crippen LogP contribution in [0.25, 0.3) is 0 Å². The summed E-state index contributed by atoms with van der Waals surface area (Å²) in [7, 11) is -4.08. The lowest BCUT2D eigenvalue weighted by Gasteiger charge is -2.33. The normalized spacial score (nSPS) is 14.7. The van der Waals surface area contributed by atoms with Crippen LogP contribution in [0.4, 0.5) is 5.69 Å². The minimum Gasteiger partial charge on any atom is -0.352 e. The second-order valence-electron chi connectivity index (χ2n) is 10.8. The molecular weight excluding hydrogens is 602 g/mol. The zero-order chi connectivity index (χ0) is 29.6. The van der Waals surface area contributed by atoms with Gasteiger partial charge in [0.05, 0.1) is 10.6 Å².